The molecule has 1 aliphatic rings. The number of H-pyrrole nitrogens is 1. The summed E-state index contributed by atoms with van der Waals surface area (Å²) in [6.45, 7) is 3.03. The van der Waals surface area contributed by atoms with Crippen molar-refractivity contribution in [3.8, 4) is 0 Å². The van der Waals surface area contributed by atoms with Crippen LogP contribution >= 0.6 is 0 Å². The minimum Gasteiger partial charge on any atom is -0.379 e. The second-order valence-electron chi connectivity index (χ2n) is 3.74. The predicted molar refractivity (Wildman–Crippen MR) is 62.1 cm³/mol. The Balaban J connectivity index is 1.90. The van der Waals surface area contributed by atoms with Crippen LogP contribution < -0.4 is 11.2 Å². The number of nitrogens with two attached hydrogens (primary N) is 1. The Morgan fingerprint density at radius 3 is 3.00 bits per heavy atom. The highest BCUT2D eigenvalue weighted by atomic mass is 16.5. The van der Waals surface area contributed by atoms with E-state index >= 15 is 0 Å². The number of aromatic nitrogens is 4. The van der Waals surface area contributed by atoms with Crippen LogP contribution in [0, 0.1) is 0 Å². The third-order valence-electron chi connectivity index (χ3n) is 2.58. The number of hydrogen-bond acceptors (Lipinski definition) is 7. The molecule has 8 nitrogen and oxygen atoms in total. The number of fused-ring (bicyclic) bond motifs is 1. The van der Waals surface area contributed by atoms with E-state index < -0.39 is 0 Å². The molecule has 0 aliphatic carbocycles. The maximum Gasteiger partial charge on any atom is 0.224 e. The first-order valence-electron chi connectivity index (χ1n) is 5.39. The van der Waals surface area contributed by atoms with Crippen LogP contribution in [0.5, 0.6) is 0 Å². The van der Waals surface area contributed by atoms with Crippen molar-refractivity contribution >= 4 is 22.9 Å². The number of nitrogens with one attached hydrogen (secondary N) is 2. The summed E-state index contributed by atoms with van der Waals surface area (Å²) in [5.74, 6) is 0.854. The first-order valence-corrected chi connectivity index (χ1v) is 5.39. The monoisotopic (exact) mass is 235 g/mol. The zero-order valence-corrected chi connectivity index (χ0v) is 9.18. The number of nitrogens with zero attached hydrogens (tertiary/aromatic N) is 4. The van der Waals surface area contributed by atoms with Crippen LogP contribution in [0.25, 0.3) is 11.2 Å². The van der Waals surface area contributed by atoms with E-state index in [1.165, 1.54) is 0 Å². The highest BCUT2D eigenvalue weighted by molar-refractivity contribution is 5.83. The molecule has 0 unspecified atom stereocenters. The maximum absolute atomic E-state index is 5.63. The Kier molecular flexibility index (Phi) is 2.50. The lowest BCUT2D eigenvalue weighted by Crippen LogP contribution is -2.40. The van der Waals surface area contributed by atoms with Crippen molar-refractivity contribution in [2.24, 2.45) is 0 Å². The average molecular weight is 235 g/mol. The molecule has 0 saturated carbocycles. The van der Waals surface area contributed by atoms with E-state index in [0.717, 1.165) is 18.6 Å². The molecule has 2 aromatic rings. The molecule has 90 valence electrons. The molecule has 8 heteroatoms. The summed E-state index contributed by atoms with van der Waals surface area (Å²) in [5.41, 5.74) is 10.1. The number of imidazole rings is 1. The molecule has 0 amide bonds. The topological polar surface area (TPSA) is 105 Å². The van der Waals surface area contributed by atoms with Gasteiger partial charge in [0.15, 0.2) is 11.5 Å². The van der Waals surface area contributed by atoms with Gasteiger partial charge in [-0.05, 0) is 0 Å². The number of morpholine rings is 1. The van der Waals surface area contributed by atoms with Gasteiger partial charge in [-0.2, -0.15) is 9.97 Å². The maximum atomic E-state index is 5.63. The zero-order chi connectivity index (χ0) is 11.7. The van der Waals surface area contributed by atoms with Crippen LogP contribution in [0.2, 0.25) is 0 Å². The molecule has 4 N–H and O–H groups in total. The van der Waals surface area contributed by atoms with E-state index in [0.29, 0.717) is 24.7 Å². The molecule has 3 rings (SSSR count). The smallest absolute Gasteiger partial charge is 0.224 e. The van der Waals surface area contributed by atoms with Gasteiger partial charge in [0.2, 0.25) is 5.95 Å². The van der Waals surface area contributed by atoms with Crippen molar-refractivity contribution in [2.45, 2.75) is 0 Å². The van der Waals surface area contributed by atoms with E-state index in [1.807, 2.05) is 5.01 Å². The zero-order valence-electron chi connectivity index (χ0n) is 9.18. The lowest BCUT2D eigenvalue weighted by Gasteiger charge is -2.27. The van der Waals surface area contributed by atoms with E-state index in [9.17, 15) is 0 Å². The fourth-order valence-corrected chi connectivity index (χ4v) is 1.76. The minimum absolute atomic E-state index is 0.209. The molecule has 1 fully saturated rings. The molecule has 1 saturated heterocycles. The lowest BCUT2D eigenvalue weighted by atomic mass is 10.5. The first kappa shape index (κ1) is 10.2. The molecule has 0 aromatic carbocycles. The van der Waals surface area contributed by atoms with E-state index in [1.54, 1.807) is 6.33 Å². The lowest BCUT2D eigenvalue weighted by molar-refractivity contribution is 0.0495. The molecular weight excluding hydrogens is 222 g/mol. The van der Waals surface area contributed by atoms with Gasteiger partial charge >= 0.3 is 0 Å². The summed E-state index contributed by atoms with van der Waals surface area (Å²) in [5, 5.41) is 2.03. The molecule has 2 aromatic heterocycles. The third kappa shape index (κ3) is 1.99. The van der Waals surface area contributed by atoms with Gasteiger partial charge in [0, 0.05) is 13.1 Å². The Bertz CT molecular complexity index is 519. The second kappa shape index (κ2) is 4.15. The van der Waals surface area contributed by atoms with Crippen molar-refractivity contribution in [3.05, 3.63) is 6.33 Å². The number of nitrogen functional groups attached to an aromatic ring is 1. The van der Waals surface area contributed by atoms with Gasteiger partial charge in [-0.3, -0.25) is 0 Å². The Labute approximate surface area is 97.2 Å². The summed E-state index contributed by atoms with van der Waals surface area (Å²) in [6, 6.07) is 0. The Morgan fingerprint density at radius 2 is 2.18 bits per heavy atom. The molecular formula is C9H13N7O. The second-order valence-corrected chi connectivity index (χ2v) is 3.74. The standard InChI is InChI=1S/C9H13N7O/c10-9-13-7-6(11-5-12-7)8(14-9)15-16-1-3-17-4-2-16/h5H,1-4H2,(H4,10,11,12,13,14,15). The number of aromatic amines is 1. The summed E-state index contributed by atoms with van der Waals surface area (Å²) >= 11 is 0. The van der Waals surface area contributed by atoms with Crippen LogP contribution in [0.15, 0.2) is 6.33 Å². The Hall–Kier alpha value is -1.93. The molecule has 0 atom stereocenters. The van der Waals surface area contributed by atoms with Crippen molar-refractivity contribution < 1.29 is 4.74 Å². The summed E-state index contributed by atoms with van der Waals surface area (Å²) in [4.78, 5) is 15.3. The Morgan fingerprint density at radius 1 is 1.35 bits per heavy atom. The minimum atomic E-state index is 0.209. The van der Waals surface area contributed by atoms with Crippen LogP contribution in [0.1, 0.15) is 0 Å². The third-order valence-corrected chi connectivity index (χ3v) is 2.58. The predicted octanol–water partition coefficient (Wildman–Crippen LogP) is -0.406. The molecule has 0 bridgehead atoms. The number of hydrazine groups is 1. The van der Waals surface area contributed by atoms with Crippen molar-refractivity contribution in [1.82, 2.24) is 24.9 Å². The highest BCUT2D eigenvalue weighted by Gasteiger charge is 2.14. The first-order chi connectivity index (χ1) is 8.33. The normalized spacial score (nSPS) is 17.4. The van der Waals surface area contributed by atoms with Gasteiger partial charge in [-0.1, -0.05) is 0 Å². The van der Waals surface area contributed by atoms with Gasteiger partial charge in [-0.25, -0.2) is 9.99 Å². The van der Waals surface area contributed by atoms with E-state index in [2.05, 4.69) is 25.4 Å². The molecule has 1 aliphatic heterocycles. The summed E-state index contributed by atoms with van der Waals surface area (Å²) in [7, 11) is 0. The van der Waals surface area contributed by atoms with Gasteiger partial charge in [0.25, 0.3) is 0 Å². The fourth-order valence-electron chi connectivity index (χ4n) is 1.76. The number of ether oxygens (including phenoxy) is 1. The molecule has 0 radical (unpaired) electrons. The van der Waals surface area contributed by atoms with Crippen molar-refractivity contribution in [3.63, 3.8) is 0 Å². The van der Waals surface area contributed by atoms with Crippen LogP contribution in [-0.2, 0) is 4.74 Å². The molecule has 0 spiro atoms. The van der Waals surface area contributed by atoms with E-state index in [4.69, 9.17) is 10.5 Å². The van der Waals surface area contributed by atoms with Crippen LogP contribution in [0.3, 0.4) is 0 Å². The highest BCUT2D eigenvalue weighted by Crippen LogP contribution is 2.18. The quantitative estimate of drug-likeness (QED) is 0.650. The number of rotatable bonds is 2. The summed E-state index contributed by atoms with van der Waals surface area (Å²) in [6.07, 6.45) is 1.57. The van der Waals surface area contributed by atoms with Crippen LogP contribution in [-0.4, -0.2) is 51.2 Å². The SMILES string of the molecule is Nc1nc(NN2CCOCC2)c2[nH]cnc2n1. The van der Waals surface area contributed by atoms with Crippen molar-refractivity contribution in [2.75, 3.05) is 37.5 Å². The largest absolute Gasteiger partial charge is 0.379 e. The van der Waals surface area contributed by atoms with Gasteiger partial charge in [0.1, 0.15) is 5.52 Å². The van der Waals surface area contributed by atoms with Crippen LogP contribution in [0.4, 0.5) is 11.8 Å². The van der Waals surface area contributed by atoms with Gasteiger partial charge in [-0.15, -0.1) is 0 Å². The number of hydrogen-bond donors (Lipinski definition) is 3. The summed E-state index contributed by atoms with van der Waals surface area (Å²) < 4.78 is 5.27. The fraction of sp³-hybridized carbons (Fsp3) is 0.444. The molecule has 17 heavy (non-hydrogen) atoms. The van der Waals surface area contributed by atoms with Crippen molar-refractivity contribution in [1.29, 1.82) is 0 Å². The molecule has 3 heterocycles. The number of anilines is 2. The van der Waals surface area contributed by atoms with Gasteiger partial charge in [0.05, 0.1) is 19.5 Å². The average Bonchev–Trinajstić information content (AvgIpc) is 2.78. The van der Waals surface area contributed by atoms with E-state index in [-0.39, 0.29) is 5.95 Å². The van der Waals surface area contributed by atoms with Gasteiger partial charge < -0.3 is 20.9 Å².